The van der Waals surface area contributed by atoms with E-state index in [0.29, 0.717) is 16.9 Å². The van der Waals surface area contributed by atoms with Crippen molar-refractivity contribution in [1.29, 1.82) is 0 Å². The summed E-state index contributed by atoms with van der Waals surface area (Å²) in [5.74, 6) is 0.866. The molecule has 1 saturated heterocycles. The molecule has 1 aliphatic heterocycles. The number of hydrogen-bond donors (Lipinski definition) is 1. The number of halogens is 1. The van der Waals surface area contributed by atoms with E-state index < -0.39 is 0 Å². The highest BCUT2D eigenvalue weighted by Gasteiger charge is 2.32. The zero-order valence-electron chi connectivity index (χ0n) is 11.3. The van der Waals surface area contributed by atoms with E-state index in [4.69, 9.17) is 22.1 Å². The maximum Gasteiger partial charge on any atom is 0.0834 e. The second-order valence-corrected chi connectivity index (χ2v) is 5.85. The van der Waals surface area contributed by atoms with Crippen molar-refractivity contribution in [3.63, 3.8) is 0 Å². The molecule has 1 fully saturated rings. The lowest BCUT2D eigenvalue weighted by Crippen LogP contribution is -2.35. The molecule has 0 saturated carbocycles. The molecule has 3 atom stereocenters. The minimum atomic E-state index is -0.0682. The van der Waals surface area contributed by atoms with E-state index in [1.165, 1.54) is 0 Å². The first-order valence-corrected chi connectivity index (χ1v) is 6.96. The van der Waals surface area contributed by atoms with Gasteiger partial charge in [0.25, 0.3) is 0 Å². The van der Waals surface area contributed by atoms with Crippen LogP contribution < -0.4 is 5.73 Å². The molecule has 2 heterocycles. The highest BCUT2D eigenvalue weighted by molar-refractivity contribution is 6.31. The third-order valence-corrected chi connectivity index (χ3v) is 4.05. The average Bonchev–Trinajstić information content (AvgIpc) is 2.71. The lowest BCUT2D eigenvalue weighted by Gasteiger charge is -2.34. The Bertz CT molecular complexity index is 405. The molecule has 18 heavy (non-hydrogen) atoms. The van der Waals surface area contributed by atoms with Crippen LogP contribution in [0.3, 0.4) is 0 Å². The lowest BCUT2D eigenvalue weighted by molar-refractivity contribution is 0.0144. The van der Waals surface area contributed by atoms with Gasteiger partial charge in [0.1, 0.15) is 0 Å². The second kappa shape index (κ2) is 5.59. The minimum Gasteiger partial charge on any atom is -0.381 e. The third-order valence-electron chi connectivity index (χ3n) is 3.76. The second-order valence-electron chi connectivity index (χ2n) is 5.45. The quantitative estimate of drug-likeness (QED) is 0.920. The Morgan fingerprint density at radius 2 is 2.28 bits per heavy atom. The van der Waals surface area contributed by atoms with Gasteiger partial charge in [-0.1, -0.05) is 18.5 Å². The fourth-order valence-electron chi connectivity index (χ4n) is 2.71. The Kier molecular flexibility index (Phi) is 4.30. The molecule has 0 spiro atoms. The van der Waals surface area contributed by atoms with Crippen LogP contribution in [0.15, 0.2) is 6.20 Å². The molecule has 2 N–H and O–H groups in total. The molecule has 2 rings (SSSR count). The van der Waals surface area contributed by atoms with Crippen LogP contribution in [-0.2, 0) is 4.74 Å². The molecule has 0 aliphatic carbocycles. The molecule has 1 aliphatic rings. The van der Waals surface area contributed by atoms with E-state index in [9.17, 15) is 0 Å². The maximum atomic E-state index is 6.44. The zero-order chi connectivity index (χ0) is 13.3. The van der Waals surface area contributed by atoms with Gasteiger partial charge in [0, 0.05) is 19.3 Å². The summed E-state index contributed by atoms with van der Waals surface area (Å²) in [6.45, 7) is 7.94. The summed E-state index contributed by atoms with van der Waals surface area (Å²) in [5.41, 5.74) is 7.41. The Balaban J connectivity index is 2.27. The first kappa shape index (κ1) is 13.8. The van der Waals surface area contributed by atoms with E-state index >= 15 is 0 Å². The highest BCUT2D eigenvalue weighted by atomic mass is 35.5. The van der Waals surface area contributed by atoms with Gasteiger partial charge in [-0.25, -0.2) is 0 Å². The number of rotatable bonds is 3. The monoisotopic (exact) mass is 271 g/mol. The standard InChI is InChI=1S/C13H22ClN3O/c1-8(2)17-13(11(14)6-16-17)12(15)10-4-5-18-7-9(10)3/h6,8-10,12H,4-5,7,15H2,1-3H3. The number of hydrogen-bond acceptors (Lipinski definition) is 3. The van der Waals surface area contributed by atoms with Crippen LogP contribution in [0.5, 0.6) is 0 Å². The molecule has 4 nitrogen and oxygen atoms in total. The maximum absolute atomic E-state index is 6.44. The fraction of sp³-hybridized carbons (Fsp3) is 0.769. The van der Waals surface area contributed by atoms with Crippen molar-refractivity contribution in [1.82, 2.24) is 9.78 Å². The summed E-state index contributed by atoms with van der Waals surface area (Å²) >= 11 is 6.26. The van der Waals surface area contributed by atoms with Gasteiger partial charge in [-0.2, -0.15) is 5.10 Å². The van der Waals surface area contributed by atoms with Crippen molar-refractivity contribution in [2.24, 2.45) is 17.6 Å². The smallest absolute Gasteiger partial charge is 0.0834 e. The zero-order valence-corrected chi connectivity index (χ0v) is 12.0. The van der Waals surface area contributed by atoms with Crippen molar-refractivity contribution in [3.8, 4) is 0 Å². The average molecular weight is 272 g/mol. The summed E-state index contributed by atoms with van der Waals surface area (Å²) < 4.78 is 7.42. The molecule has 0 amide bonds. The molecular formula is C13H22ClN3O. The van der Waals surface area contributed by atoms with Gasteiger partial charge in [0.05, 0.1) is 23.0 Å². The van der Waals surface area contributed by atoms with E-state index in [1.807, 2.05) is 4.68 Å². The molecule has 1 aromatic heterocycles. The number of ether oxygens (including phenoxy) is 1. The van der Waals surface area contributed by atoms with Gasteiger partial charge < -0.3 is 10.5 Å². The van der Waals surface area contributed by atoms with E-state index in [2.05, 4.69) is 25.9 Å². The first-order chi connectivity index (χ1) is 8.52. The topological polar surface area (TPSA) is 53.1 Å². The summed E-state index contributed by atoms with van der Waals surface area (Å²) in [6, 6.07) is 0.204. The van der Waals surface area contributed by atoms with E-state index in [0.717, 1.165) is 25.3 Å². The van der Waals surface area contributed by atoms with Crippen LogP contribution in [0.4, 0.5) is 0 Å². The Labute approximate surface area is 113 Å². The SMILES string of the molecule is CC1COCCC1C(N)c1c(Cl)cnn1C(C)C. The Hall–Kier alpha value is -0.580. The summed E-state index contributed by atoms with van der Waals surface area (Å²) in [7, 11) is 0. The van der Waals surface area contributed by atoms with Crippen LogP contribution in [-0.4, -0.2) is 23.0 Å². The molecular weight excluding hydrogens is 250 g/mol. The lowest BCUT2D eigenvalue weighted by atomic mass is 9.82. The van der Waals surface area contributed by atoms with Gasteiger partial charge in [-0.3, -0.25) is 4.68 Å². The fourth-order valence-corrected chi connectivity index (χ4v) is 2.96. The van der Waals surface area contributed by atoms with Crippen molar-refractivity contribution in [3.05, 3.63) is 16.9 Å². The van der Waals surface area contributed by atoms with E-state index in [1.54, 1.807) is 6.20 Å². The van der Waals surface area contributed by atoms with Crippen LogP contribution in [0.1, 0.15) is 45.0 Å². The van der Waals surface area contributed by atoms with Crippen LogP contribution in [0.2, 0.25) is 5.02 Å². The summed E-state index contributed by atoms with van der Waals surface area (Å²) in [5, 5.41) is 5.01. The van der Waals surface area contributed by atoms with E-state index in [-0.39, 0.29) is 12.1 Å². The first-order valence-electron chi connectivity index (χ1n) is 6.58. The van der Waals surface area contributed by atoms with Gasteiger partial charge in [-0.15, -0.1) is 0 Å². The Morgan fingerprint density at radius 1 is 1.56 bits per heavy atom. The predicted molar refractivity (Wildman–Crippen MR) is 72.6 cm³/mol. The number of aromatic nitrogens is 2. The third kappa shape index (κ3) is 2.56. The molecule has 5 heteroatoms. The van der Waals surface area contributed by atoms with Gasteiger partial charge in [0.2, 0.25) is 0 Å². The van der Waals surface area contributed by atoms with Gasteiger partial charge >= 0.3 is 0 Å². The summed E-state index contributed by atoms with van der Waals surface area (Å²) in [6.07, 6.45) is 2.68. The normalized spacial score (nSPS) is 26.6. The molecule has 102 valence electrons. The van der Waals surface area contributed by atoms with Crippen molar-refractivity contribution < 1.29 is 4.74 Å². The van der Waals surface area contributed by atoms with Gasteiger partial charge in [-0.05, 0) is 32.1 Å². The molecule has 0 aromatic carbocycles. The van der Waals surface area contributed by atoms with Crippen LogP contribution >= 0.6 is 11.6 Å². The molecule has 1 aromatic rings. The predicted octanol–water partition coefficient (Wildman–Crippen LogP) is 2.79. The van der Waals surface area contributed by atoms with Crippen molar-refractivity contribution >= 4 is 11.6 Å². The molecule has 0 radical (unpaired) electrons. The molecule has 3 unspecified atom stereocenters. The largest absolute Gasteiger partial charge is 0.381 e. The van der Waals surface area contributed by atoms with Gasteiger partial charge in [0.15, 0.2) is 0 Å². The minimum absolute atomic E-state index is 0.0682. The van der Waals surface area contributed by atoms with Crippen LogP contribution in [0.25, 0.3) is 0 Å². The van der Waals surface area contributed by atoms with Crippen molar-refractivity contribution in [2.75, 3.05) is 13.2 Å². The number of nitrogens with zero attached hydrogens (tertiary/aromatic N) is 2. The molecule has 0 bridgehead atoms. The summed E-state index contributed by atoms with van der Waals surface area (Å²) in [4.78, 5) is 0. The number of nitrogens with two attached hydrogens (primary N) is 1. The van der Waals surface area contributed by atoms with Crippen molar-refractivity contribution in [2.45, 2.75) is 39.3 Å². The Morgan fingerprint density at radius 3 is 2.89 bits per heavy atom. The highest BCUT2D eigenvalue weighted by Crippen LogP contribution is 2.35. The van der Waals surface area contributed by atoms with Crippen LogP contribution in [0, 0.1) is 11.8 Å².